The van der Waals surface area contributed by atoms with Gasteiger partial charge in [-0.05, 0) is 39.9 Å². The lowest BCUT2D eigenvalue weighted by molar-refractivity contribution is -0.133. The van der Waals surface area contributed by atoms with Crippen LogP contribution >= 0.6 is 0 Å². The molecule has 2 atom stereocenters. The fourth-order valence-electron chi connectivity index (χ4n) is 2.77. The number of amides is 1. The zero-order valence-electron chi connectivity index (χ0n) is 13.8. The maximum absolute atomic E-state index is 12.8. The van der Waals surface area contributed by atoms with Crippen molar-refractivity contribution < 1.29 is 4.79 Å². The predicted octanol–water partition coefficient (Wildman–Crippen LogP) is 2.16. The summed E-state index contributed by atoms with van der Waals surface area (Å²) in [5.41, 5.74) is 1.93. The molecule has 1 aliphatic heterocycles. The van der Waals surface area contributed by atoms with Gasteiger partial charge in [-0.25, -0.2) is 0 Å². The van der Waals surface area contributed by atoms with E-state index in [1.54, 1.807) is 0 Å². The minimum Gasteiger partial charge on any atom is -0.320 e. The van der Waals surface area contributed by atoms with Crippen LogP contribution in [0.3, 0.4) is 0 Å². The van der Waals surface area contributed by atoms with Crippen molar-refractivity contribution in [3.63, 3.8) is 0 Å². The third kappa shape index (κ3) is 3.27. The predicted molar refractivity (Wildman–Crippen MR) is 86.0 cm³/mol. The van der Waals surface area contributed by atoms with Crippen molar-refractivity contribution in [1.82, 2.24) is 15.1 Å². The second kappa shape index (κ2) is 6.16. The van der Waals surface area contributed by atoms with Gasteiger partial charge in [-0.15, -0.1) is 0 Å². The maximum atomic E-state index is 12.8. The molecule has 116 valence electrons. The molecule has 1 amide bonds. The lowest BCUT2D eigenvalue weighted by Crippen LogP contribution is -2.43. The quantitative estimate of drug-likeness (QED) is 0.902. The molecule has 4 nitrogen and oxygen atoms in total. The van der Waals surface area contributed by atoms with Gasteiger partial charge in [-0.3, -0.25) is 10.1 Å². The third-order valence-electron chi connectivity index (χ3n) is 4.35. The van der Waals surface area contributed by atoms with E-state index in [0.717, 1.165) is 19.5 Å². The molecule has 1 heterocycles. The second-order valence-electron chi connectivity index (χ2n) is 6.45. The Bertz CT molecular complexity index is 515. The first-order valence-corrected chi connectivity index (χ1v) is 7.67. The van der Waals surface area contributed by atoms with Crippen LogP contribution in [0.4, 0.5) is 0 Å². The number of benzene rings is 1. The topological polar surface area (TPSA) is 35.6 Å². The zero-order valence-corrected chi connectivity index (χ0v) is 13.8. The van der Waals surface area contributed by atoms with Crippen LogP contribution in [0.1, 0.15) is 37.6 Å². The van der Waals surface area contributed by atoms with Gasteiger partial charge in [0.15, 0.2) is 0 Å². The van der Waals surface area contributed by atoms with E-state index >= 15 is 0 Å². The van der Waals surface area contributed by atoms with Crippen molar-refractivity contribution in [3.8, 4) is 0 Å². The molecule has 1 aromatic carbocycles. The van der Waals surface area contributed by atoms with E-state index in [9.17, 15) is 4.79 Å². The largest absolute Gasteiger partial charge is 0.320 e. The molecule has 0 aromatic heterocycles. The number of carbonyl (C=O) groups excluding carboxylic acids is 1. The highest BCUT2D eigenvalue weighted by atomic mass is 16.2. The molecule has 2 unspecified atom stereocenters. The van der Waals surface area contributed by atoms with Gasteiger partial charge in [0.2, 0.25) is 5.91 Å². The smallest absolute Gasteiger partial charge is 0.244 e. The van der Waals surface area contributed by atoms with E-state index in [2.05, 4.69) is 48.3 Å². The summed E-state index contributed by atoms with van der Waals surface area (Å²) < 4.78 is 0. The fraction of sp³-hybridized carbons (Fsp3) is 0.588. The monoisotopic (exact) mass is 289 g/mol. The van der Waals surface area contributed by atoms with E-state index in [0.29, 0.717) is 0 Å². The fourth-order valence-corrected chi connectivity index (χ4v) is 2.77. The number of carbonyl (C=O) groups is 1. The lowest BCUT2D eigenvalue weighted by Gasteiger charge is -2.26. The van der Waals surface area contributed by atoms with Crippen LogP contribution < -0.4 is 5.32 Å². The van der Waals surface area contributed by atoms with Crippen molar-refractivity contribution in [2.45, 2.75) is 38.9 Å². The molecule has 0 spiro atoms. The van der Waals surface area contributed by atoms with Crippen molar-refractivity contribution in [2.75, 3.05) is 27.2 Å². The summed E-state index contributed by atoms with van der Waals surface area (Å²) >= 11 is 0. The van der Waals surface area contributed by atoms with Crippen LogP contribution in [0, 0.1) is 6.92 Å². The Kier molecular flexibility index (Phi) is 4.69. The Morgan fingerprint density at radius 1 is 1.38 bits per heavy atom. The molecule has 0 aliphatic carbocycles. The van der Waals surface area contributed by atoms with Gasteiger partial charge in [0.1, 0.15) is 6.17 Å². The van der Waals surface area contributed by atoms with Gasteiger partial charge >= 0.3 is 0 Å². The normalized spacial score (nSPS) is 25.9. The van der Waals surface area contributed by atoms with Crippen LogP contribution in [0.5, 0.6) is 0 Å². The number of nitrogens with one attached hydrogen (secondary N) is 1. The molecule has 0 radical (unpaired) electrons. The lowest BCUT2D eigenvalue weighted by atomic mass is 9.99. The number of nitrogens with zero attached hydrogens (tertiary/aromatic N) is 2. The summed E-state index contributed by atoms with van der Waals surface area (Å²) in [6.07, 6.45) is 0.773. The highest BCUT2D eigenvalue weighted by Crippen LogP contribution is 2.32. The summed E-state index contributed by atoms with van der Waals surface area (Å²) in [6, 6.07) is 8.41. The van der Waals surface area contributed by atoms with Crippen LogP contribution in [-0.2, 0) is 4.79 Å². The van der Waals surface area contributed by atoms with Crippen molar-refractivity contribution in [3.05, 3.63) is 35.4 Å². The number of aryl methyl sites for hydroxylation is 1. The van der Waals surface area contributed by atoms with Gasteiger partial charge in [0, 0.05) is 13.1 Å². The first-order valence-electron chi connectivity index (χ1n) is 7.67. The molecule has 0 saturated carbocycles. The van der Waals surface area contributed by atoms with Gasteiger partial charge in [-0.2, -0.15) is 0 Å². The molecule has 0 bridgehead atoms. The van der Waals surface area contributed by atoms with E-state index in [1.807, 2.05) is 25.9 Å². The molecule has 1 aliphatic rings. The molecule has 21 heavy (non-hydrogen) atoms. The third-order valence-corrected chi connectivity index (χ3v) is 4.35. The van der Waals surface area contributed by atoms with Gasteiger partial charge in [0.05, 0.1) is 5.54 Å². The highest BCUT2D eigenvalue weighted by molar-refractivity contribution is 5.88. The Labute approximate surface area is 128 Å². The molecule has 1 fully saturated rings. The minimum absolute atomic E-state index is 0.0256. The molecular formula is C17H27N3O. The first-order chi connectivity index (χ1) is 9.87. The maximum Gasteiger partial charge on any atom is 0.244 e. The van der Waals surface area contributed by atoms with E-state index in [-0.39, 0.29) is 12.1 Å². The zero-order chi connectivity index (χ0) is 15.6. The Morgan fingerprint density at radius 2 is 2.10 bits per heavy atom. The Morgan fingerprint density at radius 3 is 2.67 bits per heavy atom. The summed E-state index contributed by atoms with van der Waals surface area (Å²) in [4.78, 5) is 16.9. The summed E-state index contributed by atoms with van der Waals surface area (Å²) in [7, 11) is 4.07. The van der Waals surface area contributed by atoms with Crippen LogP contribution in [0.15, 0.2) is 24.3 Å². The molecule has 1 N–H and O–H groups in total. The van der Waals surface area contributed by atoms with Gasteiger partial charge < -0.3 is 9.80 Å². The van der Waals surface area contributed by atoms with E-state index in [4.69, 9.17) is 0 Å². The van der Waals surface area contributed by atoms with Crippen molar-refractivity contribution >= 4 is 5.91 Å². The van der Waals surface area contributed by atoms with Crippen LogP contribution in [0.25, 0.3) is 0 Å². The van der Waals surface area contributed by atoms with E-state index < -0.39 is 5.54 Å². The van der Waals surface area contributed by atoms with Crippen LogP contribution in [0.2, 0.25) is 0 Å². The molecule has 1 saturated heterocycles. The van der Waals surface area contributed by atoms with Gasteiger partial charge in [0.25, 0.3) is 0 Å². The van der Waals surface area contributed by atoms with Gasteiger partial charge in [-0.1, -0.05) is 36.8 Å². The SMILES string of the molecule is CCC1(C)NC(c2cccc(C)c2)N(CCN(C)C)C1=O. The highest BCUT2D eigenvalue weighted by Gasteiger charge is 2.46. The van der Waals surface area contributed by atoms with Crippen molar-refractivity contribution in [1.29, 1.82) is 0 Å². The van der Waals surface area contributed by atoms with E-state index in [1.165, 1.54) is 11.1 Å². The summed E-state index contributed by atoms with van der Waals surface area (Å²) in [6.45, 7) is 7.77. The molecule has 1 aromatic rings. The Balaban J connectivity index is 2.29. The standard InChI is InChI=1S/C17H27N3O/c1-6-17(3)16(21)20(11-10-19(4)5)15(18-17)14-9-7-8-13(2)12-14/h7-9,12,15,18H,6,10-11H2,1-5H3. The minimum atomic E-state index is -0.458. The second-order valence-corrected chi connectivity index (χ2v) is 6.45. The summed E-state index contributed by atoms with van der Waals surface area (Å²) in [5.74, 6) is 0.207. The number of likely N-dealkylation sites (N-methyl/N-ethyl adjacent to an activating group) is 1. The summed E-state index contributed by atoms with van der Waals surface area (Å²) in [5, 5.41) is 3.54. The molecular weight excluding hydrogens is 262 g/mol. The number of rotatable bonds is 5. The van der Waals surface area contributed by atoms with Crippen LogP contribution in [-0.4, -0.2) is 48.4 Å². The first kappa shape index (κ1) is 16.0. The average molecular weight is 289 g/mol. The average Bonchev–Trinajstić information content (AvgIpc) is 2.70. The van der Waals surface area contributed by atoms with Crippen molar-refractivity contribution in [2.24, 2.45) is 0 Å². The number of hydrogen-bond acceptors (Lipinski definition) is 3. The molecule has 4 heteroatoms. The Hall–Kier alpha value is -1.39. The number of hydrogen-bond donors (Lipinski definition) is 1. The molecule has 2 rings (SSSR count).